The fourth-order valence-corrected chi connectivity index (χ4v) is 1.97. The van der Waals surface area contributed by atoms with Crippen LogP contribution in [-0.2, 0) is 4.79 Å². The fourth-order valence-electron chi connectivity index (χ4n) is 1.66. The van der Waals surface area contributed by atoms with Gasteiger partial charge in [0.05, 0.1) is 6.54 Å². The van der Waals surface area contributed by atoms with Crippen molar-refractivity contribution >= 4 is 33.4 Å². The SMILES string of the molecule is O=C(CNC(=O)c1ccc(Br)o1)Nc1cccc(OC(F)(F)F)c1. The van der Waals surface area contributed by atoms with Crippen LogP contribution in [-0.4, -0.2) is 24.7 Å². The lowest BCUT2D eigenvalue weighted by molar-refractivity contribution is -0.274. The zero-order chi connectivity index (χ0) is 17.7. The van der Waals surface area contributed by atoms with Gasteiger partial charge in [-0.3, -0.25) is 9.59 Å². The number of anilines is 1. The Kier molecular flexibility index (Phi) is 5.50. The van der Waals surface area contributed by atoms with Gasteiger partial charge >= 0.3 is 6.36 Å². The van der Waals surface area contributed by atoms with Crippen molar-refractivity contribution in [2.45, 2.75) is 6.36 Å². The molecule has 2 rings (SSSR count). The van der Waals surface area contributed by atoms with Crippen molar-refractivity contribution in [3.05, 3.63) is 46.8 Å². The van der Waals surface area contributed by atoms with Crippen LogP contribution in [0, 0.1) is 0 Å². The quantitative estimate of drug-likeness (QED) is 0.797. The number of ether oxygens (including phenoxy) is 1. The van der Waals surface area contributed by atoms with Gasteiger partial charge in [0.15, 0.2) is 10.4 Å². The number of carbonyl (C=O) groups excluding carboxylic acids is 2. The number of hydrogen-bond acceptors (Lipinski definition) is 4. The molecule has 0 bridgehead atoms. The van der Waals surface area contributed by atoms with Crippen LogP contribution < -0.4 is 15.4 Å². The molecule has 0 saturated heterocycles. The van der Waals surface area contributed by atoms with Crippen LogP contribution in [0.15, 0.2) is 45.5 Å². The highest BCUT2D eigenvalue weighted by Crippen LogP contribution is 2.24. The van der Waals surface area contributed by atoms with Gasteiger partial charge in [-0.05, 0) is 40.2 Å². The first-order chi connectivity index (χ1) is 11.2. The summed E-state index contributed by atoms with van der Waals surface area (Å²) < 4.78 is 45.5. The summed E-state index contributed by atoms with van der Waals surface area (Å²) in [4.78, 5) is 23.4. The van der Waals surface area contributed by atoms with E-state index in [1.54, 1.807) is 0 Å². The first-order valence-corrected chi connectivity index (χ1v) is 7.21. The minimum atomic E-state index is -4.83. The Balaban J connectivity index is 1.88. The molecule has 0 aliphatic carbocycles. The molecule has 0 spiro atoms. The third-order valence-electron chi connectivity index (χ3n) is 2.56. The summed E-state index contributed by atoms with van der Waals surface area (Å²) in [6.07, 6.45) is -4.83. The van der Waals surface area contributed by atoms with Crippen LogP contribution in [0.1, 0.15) is 10.6 Å². The maximum Gasteiger partial charge on any atom is 0.573 e. The lowest BCUT2D eigenvalue weighted by Gasteiger charge is -2.11. The molecule has 0 radical (unpaired) electrons. The van der Waals surface area contributed by atoms with Crippen molar-refractivity contribution in [3.8, 4) is 5.75 Å². The summed E-state index contributed by atoms with van der Waals surface area (Å²) in [7, 11) is 0. The van der Waals surface area contributed by atoms with Crippen molar-refractivity contribution in [2.75, 3.05) is 11.9 Å². The second-order valence-corrected chi connectivity index (χ2v) is 5.19. The van der Waals surface area contributed by atoms with Gasteiger partial charge in [0, 0.05) is 11.8 Å². The van der Waals surface area contributed by atoms with Crippen LogP contribution in [0.2, 0.25) is 0 Å². The Morgan fingerprint density at radius 2 is 1.96 bits per heavy atom. The number of rotatable bonds is 5. The fraction of sp³-hybridized carbons (Fsp3) is 0.143. The zero-order valence-corrected chi connectivity index (χ0v) is 13.4. The molecule has 6 nitrogen and oxygen atoms in total. The largest absolute Gasteiger partial charge is 0.573 e. The van der Waals surface area contributed by atoms with Gasteiger partial charge in [0.2, 0.25) is 5.91 Å². The van der Waals surface area contributed by atoms with E-state index in [2.05, 4.69) is 31.3 Å². The second kappa shape index (κ2) is 7.39. The summed E-state index contributed by atoms with van der Waals surface area (Å²) in [5, 5.41) is 4.65. The lowest BCUT2D eigenvalue weighted by Crippen LogP contribution is -2.32. The molecule has 0 fully saturated rings. The second-order valence-electron chi connectivity index (χ2n) is 4.41. The minimum Gasteiger partial charge on any atom is -0.444 e. The van der Waals surface area contributed by atoms with Crippen LogP contribution in [0.5, 0.6) is 5.75 Å². The molecule has 0 unspecified atom stereocenters. The molecule has 0 saturated carbocycles. The van der Waals surface area contributed by atoms with Crippen molar-refractivity contribution in [2.24, 2.45) is 0 Å². The van der Waals surface area contributed by atoms with Gasteiger partial charge in [-0.1, -0.05) is 6.07 Å². The number of furan rings is 1. The number of alkyl halides is 3. The molecule has 24 heavy (non-hydrogen) atoms. The number of benzene rings is 1. The molecule has 1 aromatic carbocycles. The topological polar surface area (TPSA) is 80.6 Å². The standard InChI is InChI=1S/C14H10BrF3N2O4/c15-11-5-4-10(23-11)13(22)19-7-12(21)20-8-2-1-3-9(6-8)24-14(16,17)18/h1-6H,7H2,(H,19,22)(H,20,21). The van der Waals surface area contributed by atoms with Gasteiger partial charge in [-0.25, -0.2) is 0 Å². The van der Waals surface area contributed by atoms with Gasteiger partial charge in [-0.2, -0.15) is 0 Å². The van der Waals surface area contributed by atoms with Gasteiger partial charge in [0.1, 0.15) is 5.75 Å². The highest BCUT2D eigenvalue weighted by atomic mass is 79.9. The van der Waals surface area contributed by atoms with E-state index in [0.29, 0.717) is 4.67 Å². The molecule has 0 aliphatic rings. The third kappa shape index (κ3) is 5.61. The van der Waals surface area contributed by atoms with E-state index < -0.39 is 23.9 Å². The van der Waals surface area contributed by atoms with Crippen LogP contribution in [0.4, 0.5) is 18.9 Å². The van der Waals surface area contributed by atoms with E-state index in [9.17, 15) is 22.8 Å². The minimum absolute atomic E-state index is 0.00949. The van der Waals surface area contributed by atoms with E-state index >= 15 is 0 Å². The van der Waals surface area contributed by atoms with E-state index in [1.807, 2.05) is 0 Å². The Labute approximate surface area is 142 Å². The lowest BCUT2D eigenvalue weighted by atomic mass is 10.3. The molecule has 1 aromatic heterocycles. The monoisotopic (exact) mass is 406 g/mol. The predicted molar refractivity (Wildman–Crippen MR) is 80.5 cm³/mol. The molecule has 2 aromatic rings. The van der Waals surface area contributed by atoms with E-state index in [4.69, 9.17) is 4.42 Å². The average Bonchev–Trinajstić information content (AvgIpc) is 2.90. The number of carbonyl (C=O) groups is 2. The molecule has 1 heterocycles. The van der Waals surface area contributed by atoms with Crippen molar-refractivity contribution < 1.29 is 31.9 Å². The Morgan fingerprint density at radius 3 is 2.58 bits per heavy atom. The summed E-state index contributed by atoms with van der Waals surface area (Å²) in [6.45, 7) is -0.387. The van der Waals surface area contributed by atoms with Gasteiger partial charge < -0.3 is 19.8 Å². The smallest absolute Gasteiger partial charge is 0.444 e. The molecule has 10 heteroatoms. The van der Waals surface area contributed by atoms with Gasteiger partial charge in [0.25, 0.3) is 5.91 Å². The van der Waals surface area contributed by atoms with Crippen LogP contribution in [0.25, 0.3) is 0 Å². The molecular weight excluding hydrogens is 397 g/mol. The number of amides is 2. The molecule has 0 aliphatic heterocycles. The Bertz CT molecular complexity index is 746. The number of hydrogen-bond donors (Lipinski definition) is 2. The maximum absolute atomic E-state index is 12.1. The van der Waals surface area contributed by atoms with Gasteiger partial charge in [-0.15, -0.1) is 13.2 Å². The van der Waals surface area contributed by atoms with Crippen molar-refractivity contribution in [1.82, 2.24) is 5.32 Å². The molecular formula is C14H10BrF3N2O4. The number of nitrogens with one attached hydrogen (secondary N) is 2. The number of halogens is 4. The summed E-state index contributed by atoms with van der Waals surface area (Å²) >= 11 is 3.03. The maximum atomic E-state index is 12.1. The van der Waals surface area contributed by atoms with Crippen LogP contribution >= 0.6 is 15.9 Å². The van der Waals surface area contributed by atoms with E-state index in [-0.39, 0.29) is 18.0 Å². The molecule has 0 atom stereocenters. The average molecular weight is 407 g/mol. The van der Waals surface area contributed by atoms with Crippen molar-refractivity contribution in [3.63, 3.8) is 0 Å². The predicted octanol–water partition coefficient (Wildman–Crippen LogP) is 3.31. The first kappa shape index (κ1) is 17.9. The van der Waals surface area contributed by atoms with E-state index in [0.717, 1.165) is 12.1 Å². The molecule has 128 valence electrons. The summed E-state index contributed by atoms with van der Waals surface area (Å²) in [5.74, 6) is -1.69. The highest BCUT2D eigenvalue weighted by Gasteiger charge is 2.31. The highest BCUT2D eigenvalue weighted by molar-refractivity contribution is 9.10. The normalized spacial score (nSPS) is 11.0. The third-order valence-corrected chi connectivity index (χ3v) is 2.98. The first-order valence-electron chi connectivity index (χ1n) is 6.42. The zero-order valence-electron chi connectivity index (χ0n) is 11.8. The Hall–Kier alpha value is -2.49. The molecule has 2 N–H and O–H groups in total. The Morgan fingerprint density at radius 1 is 1.21 bits per heavy atom. The van der Waals surface area contributed by atoms with Crippen LogP contribution in [0.3, 0.4) is 0 Å². The summed E-state index contributed by atoms with van der Waals surface area (Å²) in [5.41, 5.74) is 0.0942. The molecule has 2 amide bonds. The summed E-state index contributed by atoms with van der Waals surface area (Å²) in [6, 6.07) is 7.70. The van der Waals surface area contributed by atoms with Crippen molar-refractivity contribution in [1.29, 1.82) is 0 Å². The van der Waals surface area contributed by atoms with E-state index in [1.165, 1.54) is 24.3 Å².